The third-order valence-corrected chi connectivity index (χ3v) is 1.91. The van der Waals surface area contributed by atoms with Gasteiger partial charge in [-0.05, 0) is 17.7 Å². The van der Waals surface area contributed by atoms with E-state index in [0.717, 1.165) is 0 Å². The summed E-state index contributed by atoms with van der Waals surface area (Å²) >= 11 is 0. The van der Waals surface area contributed by atoms with Crippen LogP contribution < -0.4 is 0 Å². The maximum absolute atomic E-state index is 12.3. The second kappa shape index (κ2) is 3.97. The zero-order chi connectivity index (χ0) is 12.6. The molecule has 0 saturated heterocycles. The molecule has 0 unspecified atom stereocenters. The fraction of sp³-hybridized carbons (Fsp3) is 0.333. The third kappa shape index (κ3) is 2.66. The molecule has 0 heterocycles. The Balaban J connectivity index is 3.34. The first kappa shape index (κ1) is 12.8. The number of hydrogen-bond acceptors (Lipinski definition) is 1. The van der Waals surface area contributed by atoms with Crippen LogP contribution in [0.5, 0.6) is 0 Å². The van der Waals surface area contributed by atoms with Gasteiger partial charge in [-0.15, -0.1) is 0 Å². The van der Waals surface area contributed by atoms with Crippen LogP contribution in [0.1, 0.15) is 16.7 Å². The first-order valence-corrected chi connectivity index (χ1v) is 4.04. The lowest BCUT2D eigenvalue weighted by Crippen LogP contribution is -2.13. The maximum atomic E-state index is 12.3. The Morgan fingerprint density at radius 1 is 0.938 bits per heavy atom. The maximum Gasteiger partial charge on any atom is 0.416 e. The van der Waals surface area contributed by atoms with E-state index in [1.54, 1.807) is 0 Å². The smallest absolute Gasteiger partial charge is 0.392 e. The number of benzene rings is 1. The molecule has 1 rings (SSSR count). The summed E-state index contributed by atoms with van der Waals surface area (Å²) < 4.78 is 73.5. The monoisotopic (exact) mass is 244 g/mol. The molecule has 1 N–H and O–H groups in total. The van der Waals surface area contributed by atoms with Crippen molar-refractivity contribution in [1.82, 2.24) is 0 Å². The molecule has 0 radical (unpaired) electrons. The quantitative estimate of drug-likeness (QED) is 0.752. The lowest BCUT2D eigenvalue weighted by atomic mass is 10.0. The number of rotatable bonds is 1. The zero-order valence-corrected chi connectivity index (χ0v) is 7.65. The molecule has 0 atom stereocenters. The van der Waals surface area contributed by atoms with Crippen molar-refractivity contribution in [1.29, 1.82) is 0 Å². The summed E-state index contributed by atoms with van der Waals surface area (Å²) in [5.74, 6) is 0. The minimum atomic E-state index is -4.92. The van der Waals surface area contributed by atoms with Crippen LogP contribution in [-0.4, -0.2) is 5.11 Å². The molecule has 0 saturated carbocycles. The van der Waals surface area contributed by atoms with Gasteiger partial charge in [-0.1, -0.05) is 6.07 Å². The first-order chi connectivity index (χ1) is 7.16. The van der Waals surface area contributed by atoms with Crippen LogP contribution in [0, 0.1) is 0 Å². The highest BCUT2D eigenvalue weighted by atomic mass is 19.4. The first-order valence-electron chi connectivity index (χ1n) is 4.04. The molecule has 0 aliphatic heterocycles. The van der Waals surface area contributed by atoms with Gasteiger partial charge in [0.1, 0.15) is 0 Å². The van der Waals surface area contributed by atoms with Crippen molar-refractivity contribution >= 4 is 0 Å². The molecular formula is C9H6F6O. The number of halogens is 6. The molecule has 90 valence electrons. The molecule has 0 aromatic heterocycles. The summed E-state index contributed by atoms with van der Waals surface area (Å²) in [7, 11) is 0. The molecule has 7 heteroatoms. The summed E-state index contributed by atoms with van der Waals surface area (Å²) in [6.07, 6.45) is -9.76. The molecule has 0 amide bonds. The van der Waals surface area contributed by atoms with Crippen LogP contribution in [0.3, 0.4) is 0 Å². The summed E-state index contributed by atoms with van der Waals surface area (Å²) in [5.41, 5.74) is -3.44. The summed E-state index contributed by atoms with van der Waals surface area (Å²) in [6.45, 7) is -0.965. The zero-order valence-electron chi connectivity index (χ0n) is 7.65. The van der Waals surface area contributed by atoms with Gasteiger partial charge in [-0.25, -0.2) is 0 Å². The molecule has 0 bridgehead atoms. The third-order valence-electron chi connectivity index (χ3n) is 1.91. The molecule has 16 heavy (non-hydrogen) atoms. The minimum absolute atomic E-state index is 0.00838. The van der Waals surface area contributed by atoms with Crippen LogP contribution in [0.2, 0.25) is 0 Å². The van der Waals surface area contributed by atoms with Crippen molar-refractivity contribution in [3.05, 3.63) is 34.9 Å². The summed E-state index contributed by atoms with van der Waals surface area (Å²) in [6, 6.07) is 1.11. The molecule has 0 fully saturated rings. The van der Waals surface area contributed by atoms with Gasteiger partial charge in [0.25, 0.3) is 0 Å². The van der Waals surface area contributed by atoms with Gasteiger partial charge in [0.05, 0.1) is 17.7 Å². The van der Waals surface area contributed by atoms with Crippen molar-refractivity contribution in [2.75, 3.05) is 0 Å². The van der Waals surface area contributed by atoms with Crippen LogP contribution in [0.25, 0.3) is 0 Å². The van der Waals surface area contributed by atoms with Crippen LogP contribution in [0.4, 0.5) is 26.3 Å². The SMILES string of the molecule is OCc1ccc(C(F)(F)F)cc1C(F)(F)F. The van der Waals surface area contributed by atoms with Gasteiger partial charge < -0.3 is 5.11 Å². The van der Waals surface area contributed by atoms with E-state index in [9.17, 15) is 26.3 Å². The van der Waals surface area contributed by atoms with E-state index in [-0.39, 0.29) is 6.07 Å². The Morgan fingerprint density at radius 3 is 1.88 bits per heavy atom. The average Bonchev–Trinajstić information content (AvgIpc) is 2.14. The summed E-state index contributed by atoms with van der Waals surface area (Å²) in [5, 5.41) is 8.59. The van der Waals surface area contributed by atoms with E-state index in [1.807, 2.05) is 0 Å². The fourth-order valence-electron chi connectivity index (χ4n) is 1.15. The second-order valence-corrected chi connectivity index (χ2v) is 3.03. The molecule has 0 aliphatic rings. The van der Waals surface area contributed by atoms with E-state index < -0.39 is 35.6 Å². The van der Waals surface area contributed by atoms with Gasteiger partial charge in [0.15, 0.2) is 0 Å². The highest BCUT2D eigenvalue weighted by Crippen LogP contribution is 2.37. The lowest BCUT2D eigenvalue weighted by Gasteiger charge is -2.14. The van der Waals surface area contributed by atoms with Gasteiger partial charge in [0.2, 0.25) is 0 Å². The van der Waals surface area contributed by atoms with Gasteiger partial charge in [-0.2, -0.15) is 26.3 Å². The molecular weight excluding hydrogens is 238 g/mol. The molecule has 1 aromatic rings. The van der Waals surface area contributed by atoms with Crippen LogP contribution >= 0.6 is 0 Å². The average molecular weight is 244 g/mol. The van der Waals surface area contributed by atoms with Gasteiger partial charge >= 0.3 is 12.4 Å². The highest BCUT2D eigenvalue weighted by Gasteiger charge is 2.37. The van der Waals surface area contributed by atoms with E-state index in [2.05, 4.69) is 0 Å². The summed E-state index contributed by atoms with van der Waals surface area (Å²) in [4.78, 5) is 0. The molecule has 1 aromatic carbocycles. The van der Waals surface area contributed by atoms with E-state index in [0.29, 0.717) is 12.1 Å². The number of aliphatic hydroxyl groups excluding tert-OH is 1. The minimum Gasteiger partial charge on any atom is -0.392 e. The molecule has 0 aliphatic carbocycles. The molecule has 1 nitrogen and oxygen atoms in total. The number of hydrogen-bond donors (Lipinski definition) is 1. The number of alkyl halides is 6. The van der Waals surface area contributed by atoms with Crippen molar-refractivity contribution in [3.63, 3.8) is 0 Å². The molecule has 0 spiro atoms. The normalized spacial score (nSPS) is 12.9. The predicted molar refractivity (Wildman–Crippen MR) is 42.4 cm³/mol. The van der Waals surface area contributed by atoms with Gasteiger partial charge in [-0.3, -0.25) is 0 Å². The Bertz CT molecular complexity index is 379. The largest absolute Gasteiger partial charge is 0.416 e. The van der Waals surface area contributed by atoms with Crippen molar-refractivity contribution < 1.29 is 31.4 Å². The highest BCUT2D eigenvalue weighted by molar-refractivity contribution is 5.35. The van der Waals surface area contributed by atoms with Crippen LogP contribution in [0.15, 0.2) is 18.2 Å². The van der Waals surface area contributed by atoms with Gasteiger partial charge in [0, 0.05) is 0 Å². The Hall–Kier alpha value is -1.24. The Morgan fingerprint density at radius 2 is 1.50 bits per heavy atom. The van der Waals surface area contributed by atoms with E-state index >= 15 is 0 Å². The topological polar surface area (TPSA) is 20.2 Å². The van der Waals surface area contributed by atoms with Crippen LogP contribution in [-0.2, 0) is 19.0 Å². The second-order valence-electron chi connectivity index (χ2n) is 3.03. The number of aliphatic hydroxyl groups is 1. The lowest BCUT2D eigenvalue weighted by molar-refractivity contribution is -0.143. The van der Waals surface area contributed by atoms with Crippen molar-refractivity contribution in [3.8, 4) is 0 Å². The van der Waals surface area contributed by atoms with Crippen molar-refractivity contribution in [2.45, 2.75) is 19.0 Å². The van der Waals surface area contributed by atoms with Crippen molar-refractivity contribution in [2.24, 2.45) is 0 Å². The predicted octanol–water partition coefficient (Wildman–Crippen LogP) is 3.22. The Kier molecular flexibility index (Phi) is 3.18. The Labute approximate surface area is 86.3 Å². The van der Waals surface area contributed by atoms with E-state index in [1.165, 1.54) is 0 Å². The van der Waals surface area contributed by atoms with E-state index in [4.69, 9.17) is 5.11 Å². The fourth-order valence-corrected chi connectivity index (χ4v) is 1.15. The standard InChI is InChI=1S/C9H6F6O/c10-8(11,12)6-2-1-5(4-16)7(3-6)9(13,14)15/h1-3,16H,4H2.